The van der Waals surface area contributed by atoms with Crippen LogP contribution in [0.15, 0.2) is 24.3 Å². The van der Waals surface area contributed by atoms with Gasteiger partial charge in [-0.15, -0.1) is 0 Å². The van der Waals surface area contributed by atoms with Crippen molar-refractivity contribution in [3.63, 3.8) is 0 Å². The van der Waals surface area contributed by atoms with Gasteiger partial charge in [-0.05, 0) is 239 Å². The molecule has 0 aliphatic carbocycles. The number of hydrogen-bond acceptors (Lipinski definition) is 10. The molecule has 0 aliphatic rings. The van der Waals surface area contributed by atoms with E-state index in [1.54, 1.807) is 0 Å². The molecule has 81 heavy (non-hydrogen) atoms. The number of nitrogens with one attached hydrogen (secondary N) is 4. The molecule has 0 saturated carbocycles. The first-order chi connectivity index (χ1) is 40.0. The average molecular weight is 1140 g/mol. The van der Waals surface area contributed by atoms with E-state index in [1.165, 1.54) is 193 Å². The van der Waals surface area contributed by atoms with Crippen molar-refractivity contribution < 1.29 is 9.59 Å². The van der Waals surface area contributed by atoms with E-state index in [4.69, 9.17) is 22.9 Å². The van der Waals surface area contributed by atoms with Gasteiger partial charge in [0.1, 0.15) is 0 Å². The number of amides is 2. The molecule has 0 aromatic heterocycles. The summed E-state index contributed by atoms with van der Waals surface area (Å²) >= 11 is 0. The summed E-state index contributed by atoms with van der Waals surface area (Å²) < 4.78 is 0. The van der Waals surface area contributed by atoms with Crippen LogP contribution in [0.3, 0.4) is 0 Å². The summed E-state index contributed by atoms with van der Waals surface area (Å²) in [5.41, 5.74) is 23.1. The second-order valence-corrected chi connectivity index (χ2v) is 24.2. The second-order valence-electron chi connectivity index (χ2n) is 24.2. The Morgan fingerprint density at radius 1 is 0.309 bits per heavy atom. The molecule has 480 valence electrons. The van der Waals surface area contributed by atoms with Crippen LogP contribution >= 0.6 is 0 Å². The molecule has 0 aromatic carbocycles. The summed E-state index contributed by atoms with van der Waals surface area (Å²) in [6.45, 7) is 19.0. The van der Waals surface area contributed by atoms with Gasteiger partial charge in [-0.3, -0.25) is 9.59 Å². The maximum Gasteiger partial charge on any atom is 0.223 e. The van der Waals surface area contributed by atoms with E-state index in [0.717, 1.165) is 162 Å². The molecule has 12 nitrogen and oxygen atoms in total. The monoisotopic (exact) mass is 1140 g/mol. The number of nitrogens with two attached hydrogens (primary N) is 4. The SMILES string of the molecule is CCCCCCCC/C=C\CCCCCCCCN(CCCCN(CCCCCCCC/C=C\CCCCCCCC)CCCNC(=O)C(CCCCN)CCNCCCN)CCCNC(=O)C(CCCCN)CCCNCCCN. The van der Waals surface area contributed by atoms with Gasteiger partial charge in [0.05, 0.1) is 0 Å². The summed E-state index contributed by atoms with van der Waals surface area (Å²) in [5.74, 6) is 0.523. The number of carbonyl (C=O) groups excluding carboxylic acids is 2. The predicted octanol–water partition coefficient (Wildman–Crippen LogP) is 14.0. The molecule has 0 aliphatic heterocycles. The predicted molar refractivity (Wildman–Crippen MR) is 356 cm³/mol. The van der Waals surface area contributed by atoms with Gasteiger partial charge in [0, 0.05) is 24.9 Å². The highest BCUT2D eigenvalue weighted by molar-refractivity contribution is 5.79. The number of rotatable bonds is 68. The molecule has 12 N–H and O–H groups in total. The van der Waals surface area contributed by atoms with E-state index in [2.05, 4.69) is 69.2 Å². The fraction of sp³-hybridized carbons (Fsp3) is 0.913. The fourth-order valence-electron chi connectivity index (χ4n) is 11.2. The van der Waals surface area contributed by atoms with Crippen molar-refractivity contribution >= 4 is 11.8 Å². The molecular weight excluding hydrogens is 1000 g/mol. The molecular formula is C69H142N10O2. The molecule has 0 fully saturated rings. The summed E-state index contributed by atoms with van der Waals surface area (Å²) in [7, 11) is 0. The van der Waals surface area contributed by atoms with Crippen molar-refractivity contribution in [2.75, 3.05) is 105 Å². The molecule has 0 rings (SSSR count). The highest BCUT2D eigenvalue weighted by Crippen LogP contribution is 2.17. The van der Waals surface area contributed by atoms with Crippen LogP contribution in [0.25, 0.3) is 0 Å². The second kappa shape index (κ2) is 67.2. The lowest BCUT2D eigenvalue weighted by molar-refractivity contribution is -0.126. The van der Waals surface area contributed by atoms with Gasteiger partial charge in [-0.25, -0.2) is 0 Å². The number of allylic oxidation sites excluding steroid dienone is 4. The average Bonchev–Trinajstić information content (AvgIpc) is 3.47. The van der Waals surface area contributed by atoms with E-state index in [0.29, 0.717) is 26.2 Å². The Morgan fingerprint density at radius 3 is 0.988 bits per heavy atom. The Hall–Kier alpha value is -1.90. The molecule has 0 radical (unpaired) electrons. The fourth-order valence-corrected chi connectivity index (χ4v) is 11.2. The Balaban J connectivity index is 5.44. The number of nitrogens with zero attached hydrogens (tertiary/aromatic N) is 2. The first-order valence-corrected chi connectivity index (χ1v) is 35.5. The highest BCUT2D eigenvalue weighted by atomic mass is 16.2. The van der Waals surface area contributed by atoms with Gasteiger partial charge in [-0.1, -0.05) is 167 Å². The van der Waals surface area contributed by atoms with E-state index < -0.39 is 0 Å². The molecule has 0 saturated heterocycles. The number of carbonyl (C=O) groups is 2. The molecule has 2 atom stereocenters. The van der Waals surface area contributed by atoms with Gasteiger partial charge >= 0.3 is 0 Å². The Kier molecular flexibility index (Phi) is 65.7. The van der Waals surface area contributed by atoms with Crippen molar-refractivity contribution in [2.24, 2.45) is 34.8 Å². The minimum atomic E-state index is 0.0307. The normalized spacial score (nSPS) is 12.7. The standard InChI is InChI=1S/C69H142N10O2/c1-3-5-7-9-11-13-15-17-19-21-23-25-27-29-31-37-60-78(64-44-57-76-68(80)66(46-33-35-50-70)48-41-54-74-55-42-52-72)62-39-40-63-79(61-38-32-30-28-26-24-22-20-18-16-14-12-10-8-6-4-2)65-45-58-77-69(81)67(47-34-36-51-71)49-59-75-56-43-53-73/h17-20,66-67,74-75H,3-16,21-65,70-73H2,1-2H3,(H,76,80)(H,77,81)/b19-17-,20-18-. The van der Waals surface area contributed by atoms with Crippen LogP contribution in [-0.4, -0.2) is 126 Å². The quantitative estimate of drug-likeness (QED) is 0.0215. The van der Waals surface area contributed by atoms with Crippen molar-refractivity contribution in [3.05, 3.63) is 24.3 Å². The summed E-state index contributed by atoms with van der Waals surface area (Å²) in [4.78, 5) is 32.4. The highest BCUT2D eigenvalue weighted by Gasteiger charge is 2.19. The minimum absolute atomic E-state index is 0.0307. The molecule has 2 amide bonds. The van der Waals surface area contributed by atoms with Crippen molar-refractivity contribution in [1.29, 1.82) is 0 Å². The molecule has 0 aromatic rings. The number of unbranched alkanes of at least 4 members (excludes halogenated alkanes) is 27. The first kappa shape index (κ1) is 79.1. The third-order valence-corrected chi connectivity index (χ3v) is 16.5. The van der Waals surface area contributed by atoms with Crippen LogP contribution in [0.1, 0.15) is 290 Å². The zero-order chi connectivity index (χ0) is 58.8. The maximum atomic E-state index is 13.5. The van der Waals surface area contributed by atoms with Crippen molar-refractivity contribution in [1.82, 2.24) is 31.1 Å². The largest absolute Gasteiger partial charge is 0.356 e. The summed E-state index contributed by atoms with van der Waals surface area (Å²) in [6, 6.07) is 0. The molecule has 0 bridgehead atoms. The topological polar surface area (TPSA) is 193 Å². The van der Waals surface area contributed by atoms with E-state index >= 15 is 0 Å². The van der Waals surface area contributed by atoms with Gasteiger partial charge < -0.3 is 54.0 Å². The first-order valence-electron chi connectivity index (χ1n) is 35.5. The van der Waals surface area contributed by atoms with Crippen LogP contribution in [0.5, 0.6) is 0 Å². The zero-order valence-corrected chi connectivity index (χ0v) is 54.2. The molecule has 2 unspecified atom stereocenters. The third-order valence-electron chi connectivity index (χ3n) is 16.5. The Morgan fingerprint density at radius 2 is 0.605 bits per heavy atom. The van der Waals surface area contributed by atoms with Crippen LogP contribution in [0.4, 0.5) is 0 Å². The van der Waals surface area contributed by atoms with Gasteiger partial charge in [-0.2, -0.15) is 0 Å². The number of hydrogen-bond donors (Lipinski definition) is 8. The molecule has 0 spiro atoms. The van der Waals surface area contributed by atoms with Crippen LogP contribution < -0.4 is 44.2 Å². The van der Waals surface area contributed by atoms with Crippen LogP contribution in [0.2, 0.25) is 0 Å². The third kappa shape index (κ3) is 58.3. The Bertz CT molecular complexity index is 1320. The lowest BCUT2D eigenvalue weighted by Gasteiger charge is -2.25. The lowest BCUT2D eigenvalue weighted by Crippen LogP contribution is -2.36. The van der Waals surface area contributed by atoms with Gasteiger partial charge in [0.2, 0.25) is 11.8 Å². The summed E-state index contributed by atoms with van der Waals surface area (Å²) in [5, 5.41) is 13.7. The molecule has 12 heteroatoms. The maximum absolute atomic E-state index is 13.5. The van der Waals surface area contributed by atoms with Gasteiger partial charge in [0.15, 0.2) is 0 Å². The van der Waals surface area contributed by atoms with E-state index in [9.17, 15) is 9.59 Å². The lowest BCUT2D eigenvalue weighted by atomic mass is 9.95. The minimum Gasteiger partial charge on any atom is -0.356 e. The van der Waals surface area contributed by atoms with Crippen LogP contribution in [-0.2, 0) is 9.59 Å². The smallest absolute Gasteiger partial charge is 0.223 e. The summed E-state index contributed by atoms with van der Waals surface area (Å²) in [6.07, 6.45) is 61.8. The Labute approximate surface area is 504 Å². The molecule has 0 heterocycles. The van der Waals surface area contributed by atoms with Crippen LogP contribution in [0, 0.1) is 11.8 Å². The zero-order valence-electron chi connectivity index (χ0n) is 54.2. The van der Waals surface area contributed by atoms with Crippen molar-refractivity contribution in [2.45, 2.75) is 290 Å². The van der Waals surface area contributed by atoms with Gasteiger partial charge in [0.25, 0.3) is 0 Å². The van der Waals surface area contributed by atoms with E-state index in [1.807, 2.05) is 0 Å². The van der Waals surface area contributed by atoms with Crippen molar-refractivity contribution in [3.8, 4) is 0 Å². The van der Waals surface area contributed by atoms with E-state index in [-0.39, 0.29) is 23.7 Å².